The van der Waals surface area contributed by atoms with Gasteiger partial charge in [0.05, 0.1) is 6.04 Å². The van der Waals surface area contributed by atoms with Crippen LogP contribution in [0.25, 0.3) is 0 Å². The Morgan fingerprint density at radius 2 is 2.56 bits per heavy atom. The van der Waals surface area contributed by atoms with Gasteiger partial charge in [-0.05, 0) is 17.9 Å². The molecule has 94 valence electrons. The van der Waals surface area contributed by atoms with E-state index in [4.69, 9.17) is 5.11 Å². The van der Waals surface area contributed by atoms with Crippen molar-refractivity contribution in [2.75, 3.05) is 11.9 Å². The summed E-state index contributed by atoms with van der Waals surface area (Å²) >= 11 is 1.68. The fourth-order valence-corrected chi connectivity index (χ4v) is 2.95. The molecule has 3 heterocycles. The third kappa shape index (κ3) is 1.97. The molecule has 2 aromatic rings. The van der Waals surface area contributed by atoms with Crippen LogP contribution in [0.3, 0.4) is 0 Å². The van der Waals surface area contributed by atoms with Gasteiger partial charge in [0.2, 0.25) is 5.95 Å². The fraction of sp³-hybridized carbons (Fsp3) is 0.364. The summed E-state index contributed by atoms with van der Waals surface area (Å²) in [6.07, 6.45) is 0.794. The Bertz CT molecular complexity index is 564. The summed E-state index contributed by atoms with van der Waals surface area (Å²) in [4.78, 5) is 16.1. The van der Waals surface area contributed by atoms with Crippen molar-refractivity contribution in [1.29, 1.82) is 0 Å². The molecule has 2 N–H and O–H groups in total. The minimum Gasteiger partial charge on any atom is -0.481 e. The van der Waals surface area contributed by atoms with Crippen LogP contribution in [-0.2, 0) is 11.2 Å². The number of fused-ring (bicyclic) bond motifs is 1. The number of aromatic nitrogens is 3. The number of nitrogens with one attached hydrogen (secondary N) is 1. The molecule has 0 aliphatic carbocycles. The van der Waals surface area contributed by atoms with Crippen molar-refractivity contribution in [3.8, 4) is 0 Å². The van der Waals surface area contributed by atoms with Crippen LogP contribution in [0.15, 0.2) is 17.5 Å². The molecule has 0 bridgehead atoms. The lowest BCUT2D eigenvalue weighted by Crippen LogP contribution is -2.24. The van der Waals surface area contributed by atoms with Crippen LogP contribution in [-0.4, -0.2) is 32.4 Å². The van der Waals surface area contributed by atoms with Crippen LogP contribution in [0.2, 0.25) is 0 Å². The molecule has 0 fully saturated rings. The van der Waals surface area contributed by atoms with Gasteiger partial charge in [0.15, 0.2) is 5.82 Å². The van der Waals surface area contributed by atoms with Gasteiger partial charge in [-0.1, -0.05) is 6.07 Å². The number of carbonyl (C=O) groups is 1. The zero-order valence-electron chi connectivity index (χ0n) is 9.54. The lowest BCUT2D eigenvalue weighted by molar-refractivity contribution is -0.136. The first kappa shape index (κ1) is 11.2. The molecular weight excluding hydrogens is 252 g/mol. The normalized spacial score (nSPS) is 18.1. The number of rotatable bonds is 3. The quantitative estimate of drug-likeness (QED) is 0.875. The lowest BCUT2D eigenvalue weighted by Gasteiger charge is -2.23. The van der Waals surface area contributed by atoms with Crippen molar-refractivity contribution in [3.05, 3.63) is 28.2 Å². The van der Waals surface area contributed by atoms with Gasteiger partial charge < -0.3 is 10.4 Å². The molecule has 0 amide bonds. The topological polar surface area (TPSA) is 80.0 Å². The molecule has 0 saturated heterocycles. The van der Waals surface area contributed by atoms with Gasteiger partial charge >= 0.3 is 5.97 Å². The first-order valence-electron chi connectivity index (χ1n) is 5.68. The largest absolute Gasteiger partial charge is 0.481 e. The maximum atomic E-state index is 10.7. The van der Waals surface area contributed by atoms with E-state index in [1.54, 1.807) is 16.0 Å². The molecule has 7 heteroatoms. The monoisotopic (exact) mass is 264 g/mol. The van der Waals surface area contributed by atoms with E-state index in [2.05, 4.69) is 21.5 Å². The van der Waals surface area contributed by atoms with E-state index in [0.29, 0.717) is 11.8 Å². The molecule has 3 rings (SSSR count). The van der Waals surface area contributed by atoms with Crippen LogP contribution in [0.5, 0.6) is 0 Å². The Balaban J connectivity index is 1.95. The summed E-state index contributed by atoms with van der Waals surface area (Å²) in [6, 6.07) is 4.25. The van der Waals surface area contributed by atoms with Gasteiger partial charge in [0, 0.05) is 11.4 Å². The van der Waals surface area contributed by atoms with Gasteiger partial charge in [0.25, 0.3) is 0 Å². The van der Waals surface area contributed by atoms with Crippen LogP contribution >= 0.6 is 11.3 Å². The molecule has 1 unspecified atom stereocenters. The van der Waals surface area contributed by atoms with E-state index in [0.717, 1.165) is 13.0 Å². The second-order valence-corrected chi connectivity index (χ2v) is 5.09. The van der Waals surface area contributed by atoms with Gasteiger partial charge in [-0.3, -0.25) is 4.79 Å². The molecular formula is C11H12N4O2S. The van der Waals surface area contributed by atoms with Gasteiger partial charge in [0.1, 0.15) is 6.42 Å². The van der Waals surface area contributed by atoms with Crippen LogP contribution in [0.1, 0.15) is 23.2 Å². The Morgan fingerprint density at radius 1 is 1.67 bits per heavy atom. The minimum absolute atomic E-state index is 0.140. The standard InChI is InChI=1S/C11H12N4O2S/c16-10(17)6-9-13-11-12-4-3-7(15(11)14-9)8-2-1-5-18-8/h1-2,5,7H,3-4,6H2,(H,16,17)(H,12,13,14). The highest BCUT2D eigenvalue weighted by Gasteiger charge is 2.25. The van der Waals surface area contributed by atoms with Crippen LogP contribution in [0, 0.1) is 0 Å². The number of nitrogens with zero attached hydrogens (tertiary/aromatic N) is 3. The molecule has 0 saturated carbocycles. The third-order valence-electron chi connectivity index (χ3n) is 2.85. The van der Waals surface area contributed by atoms with Crippen LogP contribution < -0.4 is 5.32 Å². The molecule has 0 spiro atoms. The molecule has 6 nitrogen and oxygen atoms in total. The molecule has 1 atom stereocenters. The Hall–Kier alpha value is -1.89. The average Bonchev–Trinajstić information content (AvgIpc) is 2.94. The predicted octanol–water partition coefficient (Wildman–Crippen LogP) is 1.37. The highest BCUT2D eigenvalue weighted by Crippen LogP contribution is 2.30. The lowest BCUT2D eigenvalue weighted by atomic mass is 10.1. The molecule has 2 aromatic heterocycles. The van der Waals surface area contributed by atoms with Gasteiger partial charge in [-0.15, -0.1) is 11.3 Å². The van der Waals surface area contributed by atoms with E-state index < -0.39 is 5.97 Å². The van der Waals surface area contributed by atoms with Gasteiger partial charge in [-0.25, -0.2) is 4.68 Å². The second-order valence-electron chi connectivity index (χ2n) is 4.11. The smallest absolute Gasteiger partial charge is 0.311 e. The fourth-order valence-electron chi connectivity index (χ4n) is 2.10. The molecule has 0 radical (unpaired) electrons. The van der Waals surface area contributed by atoms with Crippen LogP contribution in [0.4, 0.5) is 5.95 Å². The summed E-state index contributed by atoms with van der Waals surface area (Å²) in [7, 11) is 0. The third-order valence-corrected chi connectivity index (χ3v) is 3.83. The SMILES string of the molecule is O=C(O)Cc1nc2n(n1)C(c1cccs1)CCN2. The van der Waals surface area contributed by atoms with E-state index in [1.807, 2.05) is 11.4 Å². The maximum absolute atomic E-state index is 10.7. The van der Waals surface area contributed by atoms with Crippen molar-refractivity contribution in [2.45, 2.75) is 18.9 Å². The first-order valence-corrected chi connectivity index (χ1v) is 6.56. The van der Waals surface area contributed by atoms with E-state index >= 15 is 0 Å². The first-order chi connectivity index (χ1) is 8.74. The van der Waals surface area contributed by atoms with E-state index in [-0.39, 0.29) is 12.5 Å². The van der Waals surface area contributed by atoms with Gasteiger partial charge in [-0.2, -0.15) is 10.1 Å². The van der Waals surface area contributed by atoms with Crippen molar-refractivity contribution in [1.82, 2.24) is 14.8 Å². The minimum atomic E-state index is -0.911. The summed E-state index contributed by atoms with van der Waals surface area (Å²) in [5, 5.41) is 18.3. The predicted molar refractivity (Wildman–Crippen MR) is 66.9 cm³/mol. The summed E-state index contributed by atoms with van der Waals surface area (Å²) in [5.41, 5.74) is 0. The van der Waals surface area contributed by atoms with Crippen molar-refractivity contribution < 1.29 is 9.90 Å². The molecule has 1 aliphatic heterocycles. The summed E-state index contributed by atoms with van der Waals surface area (Å²) in [5.74, 6) is 0.106. The maximum Gasteiger partial charge on any atom is 0.311 e. The van der Waals surface area contributed by atoms with Crippen molar-refractivity contribution >= 4 is 23.3 Å². The number of carboxylic acids is 1. The zero-order chi connectivity index (χ0) is 12.5. The van der Waals surface area contributed by atoms with E-state index in [1.165, 1.54) is 4.88 Å². The second kappa shape index (κ2) is 4.41. The number of aliphatic carboxylic acids is 1. The Kier molecular flexibility index (Phi) is 2.75. The zero-order valence-corrected chi connectivity index (χ0v) is 10.4. The number of carboxylic acid groups (broad SMARTS) is 1. The van der Waals surface area contributed by atoms with Crippen molar-refractivity contribution in [3.63, 3.8) is 0 Å². The summed E-state index contributed by atoms with van der Waals surface area (Å²) in [6.45, 7) is 0.827. The Morgan fingerprint density at radius 3 is 3.28 bits per heavy atom. The van der Waals surface area contributed by atoms with Crippen molar-refractivity contribution in [2.24, 2.45) is 0 Å². The summed E-state index contributed by atoms with van der Waals surface area (Å²) < 4.78 is 1.80. The highest BCUT2D eigenvalue weighted by atomic mass is 32.1. The van der Waals surface area contributed by atoms with E-state index in [9.17, 15) is 4.79 Å². The highest BCUT2D eigenvalue weighted by molar-refractivity contribution is 7.10. The number of hydrogen-bond acceptors (Lipinski definition) is 5. The molecule has 1 aliphatic rings. The number of hydrogen-bond donors (Lipinski definition) is 2. The number of anilines is 1. The number of thiophene rings is 1. The average molecular weight is 264 g/mol. The Labute approximate surface area is 107 Å². The molecule has 0 aromatic carbocycles. The molecule has 18 heavy (non-hydrogen) atoms.